The van der Waals surface area contributed by atoms with E-state index in [9.17, 15) is 0 Å². The van der Waals surface area contributed by atoms with Crippen molar-refractivity contribution in [3.05, 3.63) is 5.89 Å². The lowest BCUT2D eigenvalue weighted by molar-refractivity contribution is 0.429. The first-order valence-electron chi connectivity index (χ1n) is 2.39. The van der Waals surface area contributed by atoms with E-state index in [0.717, 1.165) is 0 Å². The number of nitrogens with zero attached hydrogens (tertiary/aromatic N) is 2. The Kier molecular flexibility index (Phi) is 3.70. The predicted octanol–water partition coefficient (Wildman–Crippen LogP) is 2.66. The molecule has 0 spiro atoms. The van der Waals surface area contributed by atoms with Gasteiger partial charge in [0.25, 0.3) is 5.22 Å². The summed E-state index contributed by atoms with van der Waals surface area (Å²) in [6.45, 7) is 0. The molecule has 0 radical (unpaired) electrons. The van der Waals surface area contributed by atoms with E-state index < -0.39 is 0 Å². The third kappa shape index (κ3) is 2.22. The molecule has 0 amide bonds. The second-order valence-corrected chi connectivity index (χ2v) is 7.04. The third-order valence-corrected chi connectivity index (χ3v) is 2.36. The monoisotopic (exact) mass is 382 g/mol. The zero-order chi connectivity index (χ0) is 7.56. The van der Waals surface area contributed by atoms with Gasteiger partial charge in [0.1, 0.15) is 1.93 Å². The Balaban J connectivity index is 2.78. The summed E-state index contributed by atoms with van der Waals surface area (Å²) in [6, 6.07) is 0. The quantitative estimate of drug-likeness (QED) is 0.448. The van der Waals surface area contributed by atoms with Crippen LogP contribution in [0.25, 0.3) is 0 Å². The van der Waals surface area contributed by atoms with Crippen molar-refractivity contribution in [3.8, 4) is 0 Å². The van der Waals surface area contributed by atoms with Gasteiger partial charge in [-0.3, -0.25) is 0 Å². The van der Waals surface area contributed by atoms with Crippen molar-refractivity contribution >= 4 is 56.9 Å². The molecule has 1 aromatic heterocycles. The maximum absolute atomic E-state index is 5.22. The normalized spacial score (nSPS) is 10.8. The minimum absolute atomic E-state index is 0.267. The number of halogens is 2. The van der Waals surface area contributed by atoms with Crippen LogP contribution in [0, 0.1) is 0 Å². The van der Waals surface area contributed by atoms with Crippen molar-refractivity contribution in [1.82, 2.24) is 10.2 Å². The summed E-state index contributed by atoms with van der Waals surface area (Å²) in [5, 5.41) is 8.26. The summed E-state index contributed by atoms with van der Waals surface area (Å²) < 4.78 is 5.49. The van der Waals surface area contributed by atoms with Crippen LogP contribution in [-0.2, 0) is 0 Å². The minimum atomic E-state index is 0.267. The highest BCUT2D eigenvalue weighted by atomic mass is 127. The van der Waals surface area contributed by atoms with Gasteiger partial charge in [0, 0.05) is 0 Å². The highest BCUT2D eigenvalue weighted by Gasteiger charge is 2.10. The van der Waals surface area contributed by atoms with E-state index in [4.69, 9.17) is 4.42 Å². The average molecular weight is 382 g/mol. The Bertz CT molecular complexity index is 215. The molecule has 1 heterocycles. The molecular formula is C4H4I2N2OS. The minimum Gasteiger partial charge on any atom is -0.414 e. The van der Waals surface area contributed by atoms with Gasteiger partial charge in [-0.25, -0.2) is 0 Å². The van der Waals surface area contributed by atoms with Crippen molar-refractivity contribution in [2.45, 2.75) is 7.15 Å². The maximum Gasteiger partial charge on any atom is 0.276 e. The van der Waals surface area contributed by atoms with Crippen LogP contribution in [0.1, 0.15) is 7.82 Å². The van der Waals surface area contributed by atoms with Crippen LogP contribution in [0.2, 0.25) is 0 Å². The van der Waals surface area contributed by atoms with Gasteiger partial charge in [-0.05, 0) is 6.26 Å². The van der Waals surface area contributed by atoms with Crippen molar-refractivity contribution in [2.75, 3.05) is 6.26 Å². The van der Waals surface area contributed by atoms with Gasteiger partial charge in [0.15, 0.2) is 0 Å². The van der Waals surface area contributed by atoms with E-state index in [1.807, 2.05) is 6.26 Å². The highest BCUT2D eigenvalue weighted by Crippen LogP contribution is 2.30. The van der Waals surface area contributed by atoms with Crippen LogP contribution in [0.15, 0.2) is 9.64 Å². The molecule has 0 bridgehead atoms. The Morgan fingerprint density at radius 2 is 2.20 bits per heavy atom. The molecule has 0 saturated carbocycles. The molecule has 3 nitrogen and oxygen atoms in total. The first-order valence-corrected chi connectivity index (χ1v) is 6.11. The topological polar surface area (TPSA) is 38.9 Å². The fraction of sp³-hybridized carbons (Fsp3) is 0.500. The zero-order valence-corrected chi connectivity index (χ0v) is 10.2. The molecule has 56 valence electrons. The van der Waals surface area contributed by atoms with Crippen LogP contribution in [-0.4, -0.2) is 16.5 Å². The standard InChI is InChI=1S/C4H4I2N2OS/c1-10-4-8-7-3(9-4)2(5)6/h2H,1H3. The maximum atomic E-state index is 5.22. The van der Waals surface area contributed by atoms with E-state index >= 15 is 0 Å². The van der Waals surface area contributed by atoms with E-state index in [0.29, 0.717) is 11.1 Å². The summed E-state index contributed by atoms with van der Waals surface area (Å²) in [7, 11) is 0. The molecule has 6 heteroatoms. The lowest BCUT2D eigenvalue weighted by atomic mass is 10.8. The highest BCUT2D eigenvalue weighted by molar-refractivity contribution is 14.2. The Morgan fingerprint density at radius 3 is 2.50 bits per heavy atom. The van der Waals surface area contributed by atoms with Gasteiger partial charge in [-0.1, -0.05) is 56.9 Å². The molecule has 0 saturated heterocycles. The van der Waals surface area contributed by atoms with E-state index in [1.54, 1.807) is 0 Å². The van der Waals surface area contributed by atoms with Crippen molar-refractivity contribution in [3.63, 3.8) is 0 Å². The number of hydrogen-bond acceptors (Lipinski definition) is 4. The van der Waals surface area contributed by atoms with Gasteiger partial charge < -0.3 is 4.42 Å². The largest absolute Gasteiger partial charge is 0.414 e. The fourth-order valence-corrected chi connectivity index (χ4v) is 1.19. The molecule has 1 rings (SSSR count). The van der Waals surface area contributed by atoms with Crippen LogP contribution >= 0.6 is 56.9 Å². The third-order valence-electron chi connectivity index (χ3n) is 0.783. The summed E-state index contributed by atoms with van der Waals surface area (Å²) >= 11 is 5.90. The van der Waals surface area contributed by atoms with E-state index in [-0.39, 0.29) is 1.93 Å². The SMILES string of the molecule is CSc1nnc(C(I)I)o1. The number of aromatic nitrogens is 2. The molecule has 0 aliphatic rings. The molecule has 0 unspecified atom stereocenters. The second kappa shape index (κ2) is 4.10. The molecular weight excluding hydrogens is 378 g/mol. The number of thioether (sulfide) groups is 1. The Labute approximate surface area is 90.0 Å². The molecule has 0 N–H and O–H groups in total. The van der Waals surface area contributed by atoms with E-state index in [2.05, 4.69) is 55.4 Å². The van der Waals surface area contributed by atoms with Gasteiger partial charge in [0.2, 0.25) is 5.89 Å². The smallest absolute Gasteiger partial charge is 0.276 e. The van der Waals surface area contributed by atoms with Crippen LogP contribution in [0.4, 0.5) is 0 Å². The molecule has 1 aromatic rings. The number of hydrogen-bond donors (Lipinski definition) is 0. The second-order valence-electron chi connectivity index (χ2n) is 1.41. The van der Waals surface area contributed by atoms with Crippen molar-refractivity contribution < 1.29 is 4.42 Å². The Hall–Kier alpha value is 0.950. The fourth-order valence-electron chi connectivity index (χ4n) is 0.391. The van der Waals surface area contributed by atoms with Crippen molar-refractivity contribution in [1.29, 1.82) is 0 Å². The molecule has 0 fully saturated rings. The first-order chi connectivity index (χ1) is 4.74. The van der Waals surface area contributed by atoms with Crippen LogP contribution < -0.4 is 0 Å². The number of alkyl halides is 2. The lowest BCUT2D eigenvalue weighted by Crippen LogP contribution is -1.77. The van der Waals surface area contributed by atoms with Gasteiger partial charge in [0.05, 0.1) is 0 Å². The lowest BCUT2D eigenvalue weighted by Gasteiger charge is -1.88. The summed E-state index contributed by atoms with van der Waals surface area (Å²) in [5.41, 5.74) is 0. The first kappa shape index (κ1) is 9.04. The predicted molar refractivity (Wildman–Crippen MR) is 56.9 cm³/mol. The average Bonchev–Trinajstić information content (AvgIpc) is 2.34. The molecule has 0 aliphatic carbocycles. The van der Waals surface area contributed by atoms with Gasteiger partial charge in [-0.15, -0.1) is 10.2 Å². The van der Waals surface area contributed by atoms with Gasteiger partial charge in [-0.2, -0.15) is 0 Å². The van der Waals surface area contributed by atoms with Crippen LogP contribution in [0.3, 0.4) is 0 Å². The molecule has 10 heavy (non-hydrogen) atoms. The summed E-state index contributed by atoms with van der Waals surface area (Å²) in [6.07, 6.45) is 1.91. The molecule has 0 atom stereocenters. The van der Waals surface area contributed by atoms with Crippen LogP contribution in [0.5, 0.6) is 0 Å². The Morgan fingerprint density at radius 1 is 1.50 bits per heavy atom. The summed E-state index contributed by atoms with van der Waals surface area (Å²) in [4.78, 5) is 0. The number of rotatable bonds is 2. The van der Waals surface area contributed by atoms with Crippen molar-refractivity contribution in [2.24, 2.45) is 0 Å². The van der Waals surface area contributed by atoms with E-state index in [1.165, 1.54) is 11.8 Å². The molecule has 0 aliphatic heterocycles. The summed E-state index contributed by atoms with van der Waals surface area (Å²) in [5.74, 6) is 0.686. The zero-order valence-electron chi connectivity index (χ0n) is 5.04. The van der Waals surface area contributed by atoms with Gasteiger partial charge >= 0.3 is 0 Å². The molecule has 0 aromatic carbocycles.